The molecule has 7 heteroatoms. The maximum Gasteiger partial charge on any atom is 0.191 e. The highest BCUT2D eigenvalue weighted by Gasteiger charge is 2.05. The molecule has 0 amide bonds. The zero-order valence-electron chi connectivity index (χ0n) is 17.5. The van der Waals surface area contributed by atoms with E-state index in [4.69, 9.17) is 4.74 Å². The third kappa shape index (κ3) is 7.46. The van der Waals surface area contributed by atoms with Gasteiger partial charge in [0.1, 0.15) is 0 Å². The highest BCUT2D eigenvalue weighted by Crippen LogP contribution is 2.15. The van der Waals surface area contributed by atoms with E-state index < -0.39 is 0 Å². The van der Waals surface area contributed by atoms with Crippen LogP contribution < -0.4 is 10.6 Å². The van der Waals surface area contributed by atoms with Gasteiger partial charge in [0.2, 0.25) is 0 Å². The third-order valence-electron chi connectivity index (χ3n) is 4.58. The fraction of sp³-hybridized carbons (Fsp3) is 0.304. The summed E-state index contributed by atoms with van der Waals surface area (Å²) in [6, 6.07) is 22.4. The lowest BCUT2D eigenvalue weighted by Gasteiger charge is -2.14. The summed E-state index contributed by atoms with van der Waals surface area (Å²) < 4.78 is 7.78. The van der Waals surface area contributed by atoms with Crippen molar-refractivity contribution in [3.63, 3.8) is 0 Å². The van der Waals surface area contributed by atoms with Gasteiger partial charge in [-0.15, -0.1) is 24.0 Å². The number of hydrogen-bond donors (Lipinski definition) is 2. The molecule has 0 aliphatic rings. The third-order valence-corrected chi connectivity index (χ3v) is 4.58. The summed E-state index contributed by atoms with van der Waals surface area (Å²) in [7, 11) is 1.77. The van der Waals surface area contributed by atoms with E-state index in [0.29, 0.717) is 13.2 Å². The molecule has 6 nitrogen and oxygen atoms in total. The molecule has 0 fully saturated rings. The van der Waals surface area contributed by atoms with E-state index in [1.165, 1.54) is 5.56 Å². The molecule has 1 heterocycles. The smallest absolute Gasteiger partial charge is 0.191 e. The van der Waals surface area contributed by atoms with E-state index in [-0.39, 0.29) is 30.1 Å². The number of nitrogens with zero attached hydrogens (tertiary/aromatic N) is 3. The lowest BCUT2D eigenvalue weighted by molar-refractivity contribution is 0.0646. The fourth-order valence-corrected chi connectivity index (χ4v) is 2.93. The number of nitrogens with one attached hydrogen (secondary N) is 2. The van der Waals surface area contributed by atoms with Gasteiger partial charge >= 0.3 is 0 Å². The second kappa shape index (κ2) is 13.0. The van der Waals surface area contributed by atoms with E-state index in [2.05, 4.69) is 39.8 Å². The molecular weight excluding hydrogens is 489 g/mol. The minimum Gasteiger partial charge on any atom is -0.374 e. The van der Waals surface area contributed by atoms with Crippen molar-refractivity contribution in [1.82, 2.24) is 20.4 Å². The molecule has 2 aromatic carbocycles. The predicted octanol–water partition coefficient (Wildman–Crippen LogP) is 4.32. The summed E-state index contributed by atoms with van der Waals surface area (Å²) in [5.74, 6) is 0.760. The van der Waals surface area contributed by atoms with Crippen LogP contribution in [0.25, 0.3) is 5.69 Å². The van der Waals surface area contributed by atoms with Gasteiger partial charge in [0.05, 0.1) is 24.0 Å². The van der Waals surface area contributed by atoms with Crippen LogP contribution in [0.15, 0.2) is 77.9 Å². The van der Waals surface area contributed by atoms with Gasteiger partial charge < -0.3 is 15.4 Å². The summed E-state index contributed by atoms with van der Waals surface area (Å²) in [5, 5.41) is 11.2. The largest absolute Gasteiger partial charge is 0.374 e. The summed E-state index contributed by atoms with van der Waals surface area (Å²) in [6.07, 6.45) is 2.97. The number of halogens is 1. The number of ether oxygens (including phenoxy) is 1. The van der Waals surface area contributed by atoms with Crippen molar-refractivity contribution < 1.29 is 4.74 Å². The molecule has 30 heavy (non-hydrogen) atoms. The van der Waals surface area contributed by atoms with E-state index in [0.717, 1.165) is 30.3 Å². The quantitative estimate of drug-likeness (QED) is 0.191. The Bertz CT molecular complexity index is 883. The monoisotopic (exact) mass is 519 g/mol. The first-order valence-electron chi connectivity index (χ1n) is 9.97. The Morgan fingerprint density at radius 1 is 1.03 bits per heavy atom. The minimum absolute atomic E-state index is 0. The molecule has 1 atom stereocenters. The van der Waals surface area contributed by atoms with E-state index >= 15 is 0 Å². The van der Waals surface area contributed by atoms with E-state index in [1.54, 1.807) is 7.05 Å². The van der Waals surface area contributed by atoms with Crippen LogP contribution in [0.3, 0.4) is 0 Å². The van der Waals surface area contributed by atoms with E-state index in [1.807, 2.05) is 65.5 Å². The van der Waals surface area contributed by atoms with Crippen molar-refractivity contribution in [2.24, 2.45) is 4.99 Å². The SMILES string of the molecule is CN=C(NCCCOC(C)c1ccccc1)NCc1ccn(-c2ccccc2)n1.I. The van der Waals surface area contributed by atoms with E-state index in [9.17, 15) is 0 Å². The van der Waals surface area contributed by atoms with Crippen molar-refractivity contribution in [2.75, 3.05) is 20.2 Å². The van der Waals surface area contributed by atoms with Crippen LogP contribution in [-0.4, -0.2) is 35.9 Å². The summed E-state index contributed by atoms with van der Waals surface area (Å²) in [6.45, 7) is 4.18. The molecule has 0 saturated carbocycles. The van der Waals surface area contributed by atoms with Crippen LogP contribution in [-0.2, 0) is 11.3 Å². The Hall–Kier alpha value is -2.39. The number of guanidine groups is 1. The zero-order chi connectivity index (χ0) is 20.3. The molecule has 1 unspecified atom stereocenters. The van der Waals surface area contributed by atoms with Gasteiger partial charge in [-0.1, -0.05) is 48.5 Å². The Morgan fingerprint density at radius 3 is 2.43 bits per heavy atom. The molecule has 0 radical (unpaired) electrons. The molecule has 160 valence electrons. The maximum atomic E-state index is 5.90. The van der Waals surface area contributed by atoms with Crippen LogP contribution in [0.1, 0.15) is 30.7 Å². The molecule has 2 N–H and O–H groups in total. The van der Waals surface area contributed by atoms with Crippen LogP contribution in [0.4, 0.5) is 0 Å². The number of hydrogen-bond acceptors (Lipinski definition) is 3. The fourth-order valence-electron chi connectivity index (χ4n) is 2.93. The molecule has 3 aromatic rings. The Morgan fingerprint density at radius 2 is 1.73 bits per heavy atom. The molecule has 0 spiro atoms. The topological polar surface area (TPSA) is 63.5 Å². The zero-order valence-corrected chi connectivity index (χ0v) is 19.8. The van der Waals surface area contributed by atoms with Crippen LogP contribution >= 0.6 is 24.0 Å². The average molecular weight is 519 g/mol. The predicted molar refractivity (Wildman–Crippen MR) is 133 cm³/mol. The van der Waals surface area contributed by atoms with Crippen LogP contribution in [0, 0.1) is 0 Å². The normalized spacial score (nSPS) is 12.1. The van der Waals surface area contributed by atoms with Crippen molar-refractivity contribution >= 4 is 29.9 Å². The highest BCUT2D eigenvalue weighted by atomic mass is 127. The lowest BCUT2D eigenvalue weighted by Crippen LogP contribution is -2.37. The average Bonchev–Trinajstić information content (AvgIpc) is 3.26. The number of aromatic nitrogens is 2. The Kier molecular flexibility index (Phi) is 10.4. The van der Waals surface area contributed by atoms with Gasteiger partial charge in [0, 0.05) is 26.4 Å². The van der Waals surface area contributed by atoms with Gasteiger partial charge in [-0.25, -0.2) is 4.68 Å². The van der Waals surface area contributed by atoms with Crippen LogP contribution in [0.2, 0.25) is 0 Å². The first kappa shape index (κ1) is 23.9. The van der Waals surface area contributed by atoms with Crippen molar-refractivity contribution in [1.29, 1.82) is 0 Å². The van der Waals surface area contributed by atoms with Gasteiger partial charge in [-0.3, -0.25) is 4.99 Å². The molecule has 0 aliphatic heterocycles. The number of para-hydroxylation sites is 1. The standard InChI is InChI=1S/C23H29N5O.HI/c1-19(20-10-5-3-6-11-20)29-17-9-15-25-23(24-2)26-18-21-14-16-28(27-21)22-12-7-4-8-13-22;/h3-8,10-14,16,19H,9,15,17-18H2,1-2H3,(H2,24,25,26);1H. The number of rotatable bonds is 9. The Labute approximate surface area is 195 Å². The molecule has 0 saturated heterocycles. The minimum atomic E-state index is 0. The molecule has 0 aliphatic carbocycles. The van der Waals surface area contributed by atoms with Crippen molar-refractivity contribution in [3.8, 4) is 5.69 Å². The molecule has 1 aromatic heterocycles. The number of aliphatic imine (C=N–C) groups is 1. The molecule has 0 bridgehead atoms. The summed E-state index contributed by atoms with van der Waals surface area (Å²) >= 11 is 0. The van der Waals surface area contributed by atoms with Gasteiger partial charge in [0.25, 0.3) is 0 Å². The van der Waals surface area contributed by atoms with Crippen molar-refractivity contribution in [3.05, 3.63) is 84.2 Å². The van der Waals surface area contributed by atoms with Gasteiger partial charge in [-0.2, -0.15) is 5.10 Å². The highest BCUT2D eigenvalue weighted by molar-refractivity contribution is 14.0. The lowest BCUT2D eigenvalue weighted by atomic mass is 10.1. The van der Waals surface area contributed by atoms with Crippen molar-refractivity contribution in [2.45, 2.75) is 26.0 Å². The first-order valence-corrected chi connectivity index (χ1v) is 9.97. The van der Waals surface area contributed by atoms with Crippen LogP contribution in [0.5, 0.6) is 0 Å². The second-order valence-electron chi connectivity index (χ2n) is 6.72. The second-order valence-corrected chi connectivity index (χ2v) is 6.72. The number of benzene rings is 2. The van der Waals surface area contributed by atoms with Gasteiger partial charge in [-0.05, 0) is 37.1 Å². The Balaban J connectivity index is 0.00000320. The van der Waals surface area contributed by atoms with Gasteiger partial charge in [0.15, 0.2) is 5.96 Å². The maximum absolute atomic E-state index is 5.90. The first-order chi connectivity index (χ1) is 14.3. The molecule has 3 rings (SSSR count). The summed E-state index contributed by atoms with van der Waals surface area (Å²) in [5.41, 5.74) is 3.20. The summed E-state index contributed by atoms with van der Waals surface area (Å²) in [4.78, 5) is 4.27. The molecular formula is C23H30IN5O.